The van der Waals surface area contributed by atoms with Gasteiger partial charge >= 0.3 is 0 Å². The second kappa shape index (κ2) is 9.88. The van der Waals surface area contributed by atoms with Crippen molar-refractivity contribution in [1.82, 2.24) is 24.9 Å². The highest BCUT2D eigenvalue weighted by Gasteiger charge is 2.14. The molecular weight excluding hydrogens is 427 g/mol. The third-order valence-corrected chi connectivity index (χ3v) is 5.13. The lowest BCUT2D eigenvalue weighted by atomic mass is 10.1. The molecule has 0 spiro atoms. The third-order valence-electron chi connectivity index (χ3n) is 4.70. The molecule has 0 radical (unpaired) electrons. The van der Waals surface area contributed by atoms with Gasteiger partial charge in [-0.15, -0.1) is 0 Å². The molecule has 0 aliphatic heterocycles. The molecule has 2 aromatic heterocycles. The summed E-state index contributed by atoms with van der Waals surface area (Å²) in [6, 6.07) is 5.37. The van der Waals surface area contributed by atoms with Crippen LogP contribution in [0.1, 0.15) is 22.3 Å². The minimum atomic E-state index is -0.297. The largest absolute Gasteiger partial charge is 0.352 e. The van der Waals surface area contributed by atoms with Gasteiger partial charge in [0.15, 0.2) is 0 Å². The first-order valence-corrected chi connectivity index (χ1v) is 10.1. The van der Waals surface area contributed by atoms with Crippen molar-refractivity contribution in [2.24, 2.45) is 5.73 Å². The number of carbonyl (C=O) groups excluding carboxylic acids is 1. The van der Waals surface area contributed by atoms with Crippen LogP contribution in [0.15, 0.2) is 41.6 Å². The van der Waals surface area contributed by atoms with Crippen molar-refractivity contribution in [2.75, 3.05) is 0 Å². The van der Waals surface area contributed by atoms with Gasteiger partial charge in [0.2, 0.25) is 5.91 Å². The Bertz CT molecular complexity index is 1110. The lowest BCUT2D eigenvalue weighted by molar-refractivity contribution is -0.120. The molecule has 0 atom stereocenters. The molecule has 1 aromatic carbocycles. The Morgan fingerprint density at radius 2 is 1.93 bits per heavy atom. The molecule has 30 heavy (non-hydrogen) atoms. The second-order valence-corrected chi connectivity index (χ2v) is 7.70. The molecule has 3 rings (SSSR count). The van der Waals surface area contributed by atoms with Gasteiger partial charge < -0.3 is 11.1 Å². The average molecular weight is 449 g/mol. The Labute approximate surface area is 183 Å². The van der Waals surface area contributed by atoms with Crippen molar-refractivity contribution >= 4 is 29.1 Å². The first-order chi connectivity index (χ1) is 14.4. The van der Waals surface area contributed by atoms with Crippen LogP contribution >= 0.6 is 23.2 Å². The zero-order valence-corrected chi connectivity index (χ0v) is 18.0. The highest BCUT2D eigenvalue weighted by molar-refractivity contribution is 6.30. The van der Waals surface area contributed by atoms with E-state index in [9.17, 15) is 9.59 Å². The molecular formula is C20H22Cl2N6O2. The monoisotopic (exact) mass is 448 g/mol. The maximum Gasteiger partial charge on any atom is 0.270 e. The van der Waals surface area contributed by atoms with Crippen LogP contribution in [0, 0.1) is 6.92 Å². The number of hydrogen-bond donors (Lipinski definition) is 2. The van der Waals surface area contributed by atoms with E-state index in [0.717, 1.165) is 11.1 Å². The topological polar surface area (TPSA) is 108 Å². The highest BCUT2D eigenvalue weighted by atomic mass is 35.5. The number of nitrogens with two attached hydrogens (primary N) is 1. The molecule has 8 nitrogen and oxygen atoms in total. The summed E-state index contributed by atoms with van der Waals surface area (Å²) in [5.74, 6) is -0.269. The van der Waals surface area contributed by atoms with Crippen LogP contribution in [0.25, 0.3) is 0 Å². The van der Waals surface area contributed by atoms with E-state index in [-0.39, 0.29) is 24.4 Å². The van der Waals surface area contributed by atoms with Crippen LogP contribution in [0.5, 0.6) is 0 Å². The number of rotatable bonds is 8. The van der Waals surface area contributed by atoms with E-state index in [1.807, 2.05) is 6.07 Å². The molecule has 0 aliphatic rings. The molecule has 0 unspecified atom stereocenters. The number of amides is 1. The van der Waals surface area contributed by atoms with Gasteiger partial charge in [-0.3, -0.25) is 14.3 Å². The number of aromatic nitrogens is 4. The number of carbonyl (C=O) groups is 1. The van der Waals surface area contributed by atoms with Gasteiger partial charge in [-0.2, -0.15) is 10.2 Å². The summed E-state index contributed by atoms with van der Waals surface area (Å²) in [6.07, 6.45) is 4.74. The van der Waals surface area contributed by atoms with E-state index in [0.29, 0.717) is 40.8 Å². The van der Waals surface area contributed by atoms with Crippen molar-refractivity contribution in [3.63, 3.8) is 0 Å². The van der Waals surface area contributed by atoms with E-state index in [4.69, 9.17) is 28.9 Å². The predicted molar refractivity (Wildman–Crippen MR) is 115 cm³/mol. The van der Waals surface area contributed by atoms with Crippen molar-refractivity contribution in [2.45, 2.75) is 39.5 Å². The summed E-state index contributed by atoms with van der Waals surface area (Å²) in [4.78, 5) is 25.3. The van der Waals surface area contributed by atoms with Crippen LogP contribution in [0.3, 0.4) is 0 Å². The maximum absolute atomic E-state index is 12.8. The molecule has 3 aromatic rings. The number of hydrogen-bond acceptors (Lipinski definition) is 5. The summed E-state index contributed by atoms with van der Waals surface area (Å²) >= 11 is 11.9. The first kappa shape index (κ1) is 22.0. The fourth-order valence-electron chi connectivity index (χ4n) is 3.02. The normalized spacial score (nSPS) is 10.9. The number of aryl methyl sites for hydroxylation is 3. The lowest BCUT2D eigenvalue weighted by Gasteiger charge is -2.12. The molecule has 158 valence electrons. The van der Waals surface area contributed by atoms with Gasteiger partial charge in [0, 0.05) is 29.9 Å². The zero-order valence-electron chi connectivity index (χ0n) is 16.4. The molecule has 1 amide bonds. The molecule has 2 heterocycles. The molecule has 0 saturated carbocycles. The molecule has 0 saturated heterocycles. The fraction of sp³-hybridized carbons (Fsp3) is 0.300. The molecule has 3 N–H and O–H groups in total. The van der Waals surface area contributed by atoms with E-state index < -0.39 is 0 Å². The Kier molecular flexibility index (Phi) is 7.25. The van der Waals surface area contributed by atoms with E-state index in [2.05, 4.69) is 15.5 Å². The van der Waals surface area contributed by atoms with Crippen LogP contribution < -0.4 is 16.6 Å². The summed E-state index contributed by atoms with van der Waals surface area (Å²) in [5, 5.41) is 12.2. The van der Waals surface area contributed by atoms with Gasteiger partial charge in [-0.25, -0.2) is 4.68 Å². The number of benzene rings is 1. The standard InChI is InChI=1S/C20H22Cl2N6O2/c1-13-9-26-28(5-4-27-12-17(22)11-25-27)20(30)18(13)7-19(29)24-10-15-6-16(21)3-2-14(15)8-23/h2-3,6,9,11-12H,4-5,7-8,10,23H2,1H3,(H,24,29). The molecule has 0 fully saturated rings. The van der Waals surface area contributed by atoms with Crippen molar-refractivity contribution in [3.8, 4) is 0 Å². The smallest absolute Gasteiger partial charge is 0.270 e. The molecule has 0 aliphatic carbocycles. The fourth-order valence-corrected chi connectivity index (χ4v) is 3.37. The van der Waals surface area contributed by atoms with Gasteiger partial charge in [0.25, 0.3) is 5.56 Å². The predicted octanol–water partition coefficient (Wildman–Crippen LogP) is 2.07. The SMILES string of the molecule is Cc1cnn(CCn2cc(Cl)cn2)c(=O)c1CC(=O)NCc1cc(Cl)ccc1CN. The van der Waals surface area contributed by atoms with Crippen molar-refractivity contribution in [1.29, 1.82) is 0 Å². The van der Waals surface area contributed by atoms with E-state index in [1.54, 1.807) is 36.1 Å². The minimum absolute atomic E-state index is 0.0424. The summed E-state index contributed by atoms with van der Waals surface area (Å²) in [7, 11) is 0. The van der Waals surface area contributed by atoms with Gasteiger partial charge in [0.1, 0.15) is 0 Å². The first-order valence-electron chi connectivity index (χ1n) is 9.35. The van der Waals surface area contributed by atoms with Crippen molar-refractivity contribution < 1.29 is 4.79 Å². The van der Waals surface area contributed by atoms with Gasteiger partial charge in [0.05, 0.1) is 36.9 Å². The van der Waals surface area contributed by atoms with Gasteiger partial charge in [-0.1, -0.05) is 29.3 Å². The Hall–Kier alpha value is -2.68. The molecule has 10 heteroatoms. The number of nitrogens with zero attached hydrogens (tertiary/aromatic N) is 4. The van der Waals surface area contributed by atoms with Gasteiger partial charge in [-0.05, 0) is 35.7 Å². The van der Waals surface area contributed by atoms with Crippen LogP contribution in [-0.2, 0) is 37.4 Å². The van der Waals surface area contributed by atoms with Crippen LogP contribution in [0.2, 0.25) is 10.0 Å². The van der Waals surface area contributed by atoms with E-state index >= 15 is 0 Å². The van der Waals surface area contributed by atoms with Crippen LogP contribution in [0.4, 0.5) is 0 Å². The van der Waals surface area contributed by atoms with E-state index in [1.165, 1.54) is 10.9 Å². The Morgan fingerprint density at radius 3 is 2.63 bits per heavy atom. The second-order valence-electron chi connectivity index (χ2n) is 6.83. The highest BCUT2D eigenvalue weighted by Crippen LogP contribution is 2.16. The third kappa shape index (κ3) is 5.47. The maximum atomic E-state index is 12.8. The summed E-state index contributed by atoms with van der Waals surface area (Å²) in [5.41, 5.74) is 8.27. The zero-order chi connectivity index (χ0) is 21.7. The molecule has 0 bridgehead atoms. The lowest BCUT2D eigenvalue weighted by Crippen LogP contribution is -2.33. The Balaban J connectivity index is 1.67. The average Bonchev–Trinajstić information content (AvgIpc) is 3.14. The Morgan fingerprint density at radius 1 is 1.13 bits per heavy atom. The van der Waals surface area contributed by atoms with Crippen LogP contribution in [-0.4, -0.2) is 25.5 Å². The number of nitrogens with one attached hydrogen (secondary N) is 1. The van der Waals surface area contributed by atoms with Crippen molar-refractivity contribution in [3.05, 3.63) is 79.4 Å². The number of halogens is 2. The summed E-state index contributed by atoms with van der Waals surface area (Å²) < 4.78 is 2.96. The summed E-state index contributed by atoms with van der Waals surface area (Å²) in [6.45, 7) is 3.14. The minimum Gasteiger partial charge on any atom is -0.352 e. The quantitative estimate of drug-likeness (QED) is 0.548.